The number of thioether (sulfide) groups is 4. The van der Waals surface area contributed by atoms with E-state index < -0.39 is 23.9 Å². The highest BCUT2D eigenvalue weighted by Gasteiger charge is 2.32. The van der Waals surface area contributed by atoms with Crippen molar-refractivity contribution >= 4 is 90.5 Å². The number of benzene rings is 4. The molecule has 0 amide bonds. The Balaban J connectivity index is 1.41. The highest BCUT2D eigenvalue weighted by atomic mass is 32.2. The van der Waals surface area contributed by atoms with E-state index in [1.807, 2.05) is 0 Å². The fourth-order valence-corrected chi connectivity index (χ4v) is 10.3. The fourth-order valence-electron chi connectivity index (χ4n) is 4.56. The number of carboxylic acid groups (broad SMARTS) is 4. The maximum Gasteiger partial charge on any atom is 0.0715 e. The summed E-state index contributed by atoms with van der Waals surface area (Å²) in [5.74, 6) is -5.17. The molecule has 2 heterocycles. The summed E-state index contributed by atoms with van der Waals surface area (Å²) in [4.78, 5) is 48.8. The third-order valence-electron chi connectivity index (χ3n) is 6.89. The summed E-state index contributed by atoms with van der Waals surface area (Å²) in [5, 5.41) is 45.5. The summed E-state index contributed by atoms with van der Waals surface area (Å²) in [5.41, 5.74) is 3.18. The molecular formula is C34H16O8S4-4. The number of aromatic carboxylic acids is 4. The SMILES string of the molecule is O=C([O-])c1ccc(C2=C(c3ccc(C(=O)[O-])cc3)SC(=C3SC(c4ccc(C(=O)[O-])cc4)=C(c4ccc(C(=O)[O-])cc4)S3)S2)cc1. The molecule has 0 bridgehead atoms. The van der Waals surface area contributed by atoms with Crippen LogP contribution in [0.1, 0.15) is 63.7 Å². The lowest BCUT2D eigenvalue weighted by molar-refractivity contribution is -0.256. The number of carboxylic acids is 4. The zero-order valence-corrected chi connectivity index (χ0v) is 26.4. The largest absolute Gasteiger partial charge is 0.545 e. The van der Waals surface area contributed by atoms with E-state index in [0.29, 0.717) is 0 Å². The monoisotopic (exact) mass is 680 g/mol. The van der Waals surface area contributed by atoms with E-state index in [0.717, 1.165) is 50.3 Å². The average molecular weight is 681 g/mol. The molecule has 0 spiro atoms. The molecule has 228 valence electrons. The van der Waals surface area contributed by atoms with E-state index in [1.165, 1.54) is 95.6 Å². The molecule has 2 aliphatic rings. The van der Waals surface area contributed by atoms with Gasteiger partial charge in [0.15, 0.2) is 0 Å². The fraction of sp³-hybridized carbons (Fsp3) is 0. The van der Waals surface area contributed by atoms with E-state index in [9.17, 15) is 39.6 Å². The second kappa shape index (κ2) is 13.0. The van der Waals surface area contributed by atoms with Gasteiger partial charge in [-0.25, -0.2) is 0 Å². The summed E-state index contributed by atoms with van der Waals surface area (Å²) >= 11 is 5.94. The minimum Gasteiger partial charge on any atom is -0.545 e. The van der Waals surface area contributed by atoms with Crippen LogP contribution in [0.5, 0.6) is 0 Å². The Hall–Kier alpha value is -4.62. The Morgan fingerprint density at radius 1 is 0.326 bits per heavy atom. The molecule has 0 saturated carbocycles. The smallest absolute Gasteiger partial charge is 0.0715 e. The van der Waals surface area contributed by atoms with Gasteiger partial charge < -0.3 is 39.6 Å². The van der Waals surface area contributed by atoms with Gasteiger partial charge in [-0.15, -0.1) is 0 Å². The zero-order chi connectivity index (χ0) is 32.5. The molecule has 0 unspecified atom stereocenters. The first-order valence-electron chi connectivity index (χ1n) is 13.3. The van der Waals surface area contributed by atoms with E-state index in [4.69, 9.17) is 0 Å². The molecule has 0 N–H and O–H groups in total. The molecular weight excluding hydrogens is 665 g/mol. The standard InChI is InChI=1S/C34H20O8S4/c35-29(36)21-9-1-17(2-10-21)25-26(18-3-11-22(12-4-18)30(37)38)44-33(43-25)34-45-27(19-5-13-23(14-6-19)31(39)40)28(46-34)20-7-15-24(16-8-20)32(41)42/h1-16H,(H,35,36)(H,37,38)(H,39,40)(H,41,42)/p-4. The van der Waals surface area contributed by atoms with Crippen LogP contribution in [0, 0.1) is 0 Å². The maximum absolute atomic E-state index is 11.4. The lowest BCUT2D eigenvalue weighted by Gasteiger charge is -2.09. The second-order valence-electron chi connectivity index (χ2n) is 9.76. The lowest BCUT2D eigenvalue weighted by Crippen LogP contribution is -2.22. The Labute approximate surface area is 278 Å². The zero-order valence-electron chi connectivity index (χ0n) is 23.1. The molecule has 0 atom stereocenters. The van der Waals surface area contributed by atoms with Crippen molar-refractivity contribution in [3.63, 3.8) is 0 Å². The van der Waals surface area contributed by atoms with E-state index in [-0.39, 0.29) is 22.3 Å². The van der Waals surface area contributed by atoms with Crippen LogP contribution in [0.15, 0.2) is 106 Å². The molecule has 4 aromatic carbocycles. The van der Waals surface area contributed by atoms with Crippen molar-refractivity contribution in [2.24, 2.45) is 0 Å². The summed E-state index contributed by atoms with van der Waals surface area (Å²) in [7, 11) is 0. The van der Waals surface area contributed by atoms with Crippen molar-refractivity contribution in [1.82, 2.24) is 0 Å². The normalized spacial score (nSPS) is 14.6. The minimum absolute atomic E-state index is 0.0354. The molecule has 4 aromatic rings. The molecule has 0 radical (unpaired) electrons. The molecule has 0 saturated heterocycles. The van der Waals surface area contributed by atoms with Crippen LogP contribution < -0.4 is 20.4 Å². The van der Waals surface area contributed by atoms with Gasteiger partial charge in [0.2, 0.25) is 0 Å². The van der Waals surface area contributed by atoms with Crippen molar-refractivity contribution in [1.29, 1.82) is 0 Å². The van der Waals surface area contributed by atoms with Gasteiger partial charge in [0.1, 0.15) is 0 Å². The molecule has 2 aliphatic heterocycles. The molecule has 12 heteroatoms. The van der Waals surface area contributed by atoms with Crippen molar-refractivity contribution < 1.29 is 39.6 Å². The molecule has 0 fully saturated rings. The van der Waals surface area contributed by atoms with E-state index in [1.54, 1.807) is 48.5 Å². The summed E-state index contributed by atoms with van der Waals surface area (Å²) < 4.78 is 1.83. The van der Waals surface area contributed by atoms with E-state index in [2.05, 4.69) is 0 Å². The third-order valence-corrected chi connectivity index (χ3v) is 12.8. The van der Waals surface area contributed by atoms with Crippen LogP contribution in [0.25, 0.3) is 19.6 Å². The first kappa shape index (κ1) is 31.4. The molecule has 0 aliphatic carbocycles. The second-order valence-corrected chi connectivity index (χ2v) is 14.4. The van der Waals surface area contributed by atoms with Crippen LogP contribution in [0.2, 0.25) is 0 Å². The first-order valence-corrected chi connectivity index (χ1v) is 16.6. The number of carbonyl (C=O) groups excluding carboxylic acids is 4. The van der Waals surface area contributed by atoms with E-state index >= 15 is 0 Å². The van der Waals surface area contributed by atoms with Gasteiger partial charge in [-0.05, 0) is 44.5 Å². The minimum atomic E-state index is -1.29. The van der Waals surface area contributed by atoms with Crippen molar-refractivity contribution in [3.05, 3.63) is 150 Å². The summed E-state index contributed by atoms with van der Waals surface area (Å²) in [6, 6.07) is 25.3. The van der Waals surface area contributed by atoms with Gasteiger partial charge in [0, 0.05) is 19.6 Å². The molecule has 6 rings (SSSR count). The predicted molar refractivity (Wildman–Crippen MR) is 174 cm³/mol. The lowest BCUT2D eigenvalue weighted by atomic mass is 10.1. The average Bonchev–Trinajstić information content (AvgIpc) is 3.71. The van der Waals surface area contributed by atoms with Crippen LogP contribution in [-0.2, 0) is 0 Å². The van der Waals surface area contributed by atoms with Gasteiger partial charge in [-0.1, -0.05) is 144 Å². The van der Waals surface area contributed by atoms with Gasteiger partial charge in [-0.2, -0.15) is 0 Å². The Morgan fingerprint density at radius 3 is 0.652 bits per heavy atom. The molecule has 8 nitrogen and oxygen atoms in total. The summed E-state index contributed by atoms with van der Waals surface area (Å²) in [6.45, 7) is 0. The Morgan fingerprint density at radius 2 is 0.500 bits per heavy atom. The molecule has 46 heavy (non-hydrogen) atoms. The highest BCUT2D eigenvalue weighted by Crippen LogP contribution is 2.66. The first-order chi connectivity index (χ1) is 22.1. The Bertz CT molecular complexity index is 1720. The van der Waals surface area contributed by atoms with Gasteiger partial charge >= 0.3 is 0 Å². The van der Waals surface area contributed by atoms with Crippen molar-refractivity contribution in [2.75, 3.05) is 0 Å². The number of hydrogen-bond donors (Lipinski definition) is 0. The van der Waals surface area contributed by atoms with Crippen LogP contribution in [0.4, 0.5) is 0 Å². The number of hydrogen-bond acceptors (Lipinski definition) is 12. The van der Waals surface area contributed by atoms with Gasteiger partial charge in [0.25, 0.3) is 0 Å². The quantitative estimate of drug-likeness (QED) is 0.267. The van der Waals surface area contributed by atoms with Gasteiger partial charge in [0.05, 0.1) is 32.4 Å². The van der Waals surface area contributed by atoms with Crippen molar-refractivity contribution in [3.8, 4) is 0 Å². The predicted octanol–water partition coefficient (Wildman–Crippen LogP) is 3.58. The van der Waals surface area contributed by atoms with Crippen LogP contribution in [0.3, 0.4) is 0 Å². The number of carbonyl (C=O) groups is 4. The van der Waals surface area contributed by atoms with Gasteiger partial charge in [-0.3, -0.25) is 0 Å². The summed E-state index contributed by atoms with van der Waals surface area (Å²) in [6.07, 6.45) is 0. The Kier molecular flexibility index (Phi) is 8.87. The number of rotatable bonds is 8. The molecule has 0 aromatic heterocycles. The van der Waals surface area contributed by atoms with Crippen LogP contribution in [-0.4, -0.2) is 23.9 Å². The van der Waals surface area contributed by atoms with Crippen molar-refractivity contribution in [2.45, 2.75) is 0 Å². The maximum atomic E-state index is 11.4. The topological polar surface area (TPSA) is 161 Å². The third kappa shape index (κ3) is 6.38. The van der Waals surface area contributed by atoms with Crippen LogP contribution >= 0.6 is 47.0 Å². The highest BCUT2D eigenvalue weighted by molar-refractivity contribution is 8.39.